The molecule has 0 atom stereocenters. The Bertz CT molecular complexity index is 498. The Morgan fingerprint density at radius 1 is 1.42 bits per heavy atom. The third-order valence-electron chi connectivity index (χ3n) is 2.60. The summed E-state index contributed by atoms with van der Waals surface area (Å²) in [5, 5.41) is 7.39. The summed E-state index contributed by atoms with van der Waals surface area (Å²) in [5.74, 6) is 1.26. The minimum Gasteiger partial charge on any atom is -0.476 e. The lowest BCUT2D eigenvalue weighted by Crippen LogP contribution is -2.09. The number of nitrogens with zero attached hydrogens (tertiary/aromatic N) is 3. The molecular formula is C13H19N5O. The lowest BCUT2D eigenvalue weighted by atomic mass is 10.3. The maximum absolute atomic E-state index is 5.77. The van der Waals surface area contributed by atoms with E-state index >= 15 is 0 Å². The van der Waals surface area contributed by atoms with Crippen molar-refractivity contribution in [3.05, 3.63) is 30.6 Å². The summed E-state index contributed by atoms with van der Waals surface area (Å²) in [6.45, 7) is 4.17. The molecular weight excluding hydrogens is 242 g/mol. The van der Waals surface area contributed by atoms with E-state index < -0.39 is 0 Å². The lowest BCUT2D eigenvalue weighted by molar-refractivity contribution is 0.329. The summed E-state index contributed by atoms with van der Waals surface area (Å²) in [4.78, 5) is 4.32. The zero-order valence-corrected chi connectivity index (χ0v) is 11.0. The van der Waals surface area contributed by atoms with E-state index in [1.807, 2.05) is 29.9 Å². The molecule has 19 heavy (non-hydrogen) atoms. The van der Waals surface area contributed by atoms with Gasteiger partial charge in [0.25, 0.3) is 0 Å². The van der Waals surface area contributed by atoms with Crippen LogP contribution in [0.5, 0.6) is 5.88 Å². The molecule has 0 aliphatic heterocycles. The number of pyridine rings is 1. The minimum atomic E-state index is 0.486. The van der Waals surface area contributed by atoms with Gasteiger partial charge in [-0.05, 0) is 31.5 Å². The highest BCUT2D eigenvalue weighted by Gasteiger charge is 2.03. The molecule has 0 bridgehead atoms. The second-order valence-electron chi connectivity index (χ2n) is 4.07. The van der Waals surface area contributed by atoms with E-state index in [1.54, 1.807) is 12.3 Å². The molecule has 0 aromatic carbocycles. The van der Waals surface area contributed by atoms with E-state index in [0.29, 0.717) is 18.2 Å². The Morgan fingerprint density at radius 2 is 2.32 bits per heavy atom. The molecule has 2 rings (SSSR count). The summed E-state index contributed by atoms with van der Waals surface area (Å²) < 4.78 is 7.26. The molecule has 6 nitrogen and oxygen atoms in total. The molecule has 0 amide bonds. The fourth-order valence-electron chi connectivity index (χ4n) is 1.69. The van der Waals surface area contributed by atoms with Gasteiger partial charge in [0.15, 0.2) is 0 Å². The van der Waals surface area contributed by atoms with Crippen molar-refractivity contribution >= 4 is 11.5 Å². The summed E-state index contributed by atoms with van der Waals surface area (Å²) in [6.07, 6.45) is 4.70. The molecule has 2 heterocycles. The van der Waals surface area contributed by atoms with Gasteiger partial charge < -0.3 is 15.8 Å². The summed E-state index contributed by atoms with van der Waals surface area (Å²) in [7, 11) is 0. The van der Waals surface area contributed by atoms with Crippen molar-refractivity contribution in [2.24, 2.45) is 0 Å². The molecule has 0 aliphatic carbocycles. The van der Waals surface area contributed by atoms with Gasteiger partial charge in [-0.15, -0.1) is 0 Å². The fraction of sp³-hybridized carbons (Fsp3) is 0.385. The van der Waals surface area contributed by atoms with Crippen molar-refractivity contribution in [2.45, 2.75) is 19.9 Å². The number of hydrogen-bond acceptors (Lipinski definition) is 5. The first-order valence-corrected chi connectivity index (χ1v) is 6.40. The van der Waals surface area contributed by atoms with Crippen molar-refractivity contribution in [1.29, 1.82) is 0 Å². The average Bonchev–Trinajstić information content (AvgIpc) is 2.92. The Morgan fingerprint density at radius 3 is 3.05 bits per heavy atom. The van der Waals surface area contributed by atoms with E-state index in [1.165, 1.54) is 0 Å². The van der Waals surface area contributed by atoms with Crippen molar-refractivity contribution < 1.29 is 4.74 Å². The van der Waals surface area contributed by atoms with Crippen molar-refractivity contribution in [2.75, 3.05) is 24.2 Å². The monoisotopic (exact) mass is 261 g/mol. The predicted octanol–water partition coefficient (Wildman–Crippen LogP) is 1.76. The quantitative estimate of drug-likeness (QED) is 0.743. The first-order chi connectivity index (χ1) is 9.29. The normalized spacial score (nSPS) is 10.4. The van der Waals surface area contributed by atoms with Crippen LogP contribution >= 0.6 is 0 Å². The van der Waals surface area contributed by atoms with E-state index in [0.717, 1.165) is 25.3 Å². The number of anilines is 2. The molecule has 0 aliphatic rings. The van der Waals surface area contributed by atoms with Crippen molar-refractivity contribution in [3.8, 4) is 5.88 Å². The van der Waals surface area contributed by atoms with Crippen LogP contribution in [0.3, 0.4) is 0 Å². The van der Waals surface area contributed by atoms with Gasteiger partial charge in [-0.25, -0.2) is 0 Å². The predicted molar refractivity (Wildman–Crippen MR) is 75.2 cm³/mol. The first-order valence-electron chi connectivity index (χ1n) is 6.40. The van der Waals surface area contributed by atoms with Gasteiger partial charge in [0.2, 0.25) is 5.88 Å². The van der Waals surface area contributed by atoms with Crippen LogP contribution in [0.4, 0.5) is 11.5 Å². The van der Waals surface area contributed by atoms with E-state index in [9.17, 15) is 0 Å². The highest BCUT2D eigenvalue weighted by Crippen LogP contribution is 2.20. The number of nitrogen functional groups attached to an aromatic ring is 1. The maximum atomic E-state index is 5.77. The molecule has 0 unspecified atom stereocenters. The number of aryl methyl sites for hydroxylation is 1. The number of nitrogens with one attached hydrogen (secondary N) is 1. The fourth-order valence-corrected chi connectivity index (χ4v) is 1.69. The highest BCUT2D eigenvalue weighted by molar-refractivity contribution is 5.53. The van der Waals surface area contributed by atoms with Crippen LogP contribution in [-0.4, -0.2) is 27.9 Å². The van der Waals surface area contributed by atoms with E-state index in [4.69, 9.17) is 10.5 Å². The zero-order valence-electron chi connectivity index (χ0n) is 11.0. The Hall–Kier alpha value is -2.24. The topological polar surface area (TPSA) is 78.0 Å². The third-order valence-corrected chi connectivity index (χ3v) is 2.60. The minimum absolute atomic E-state index is 0.486. The Balaban J connectivity index is 1.80. The van der Waals surface area contributed by atoms with Crippen LogP contribution in [0.2, 0.25) is 0 Å². The number of nitrogens with two attached hydrogens (primary N) is 1. The van der Waals surface area contributed by atoms with Crippen molar-refractivity contribution in [3.63, 3.8) is 0 Å². The van der Waals surface area contributed by atoms with Gasteiger partial charge >= 0.3 is 0 Å². The standard InChI is InChI=1S/C13H19N5O/c1-2-19-13-11(14)5-6-12(17-13)15-7-3-9-18-10-4-8-16-18/h4-6,8,10H,2-3,7,9,14H2,1H3,(H,15,17). The summed E-state index contributed by atoms with van der Waals surface area (Å²) >= 11 is 0. The SMILES string of the molecule is CCOc1nc(NCCCn2cccn2)ccc1N. The van der Waals surface area contributed by atoms with Crippen molar-refractivity contribution in [1.82, 2.24) is 14.8 Å². The molecule has 0 saturated heterocycles. The van der Waals surface area contributed by atoms with Crippen LogP contribution in [0.1, 0.15) is 13.3 Å². The molecule has 0 fully saturated rings. The average molecular weight is 261 g/mol. The highest BCUT2D eigenvalue weighted by atomic mass is 16.5. The Kier molecular flexibility index (Phi) is 4.60. The number of aromatic nitrogens is 3. The van der Waals surface area contributed by atoms with Crippen LogP contribution in [0.15, 0.2) is 30.6 Å². The largest absolute Gasteiger partial charge is 0.476 e. The van der Waals surface area contributed by atoms with Crippen LogP contribution in [-0.2, 0) is 6.54 Å². The lowest BCUT2D eigenvalue weighted by Gasteiger charge is -2.09. The van der Waals surface area contributed by atoms with Gasteiger partial charge in [-0.2, -0.15) is 10.1 Å². The molecule has 102 valence electrons. The second kappa shape index (κ2) is 6.63. The zero-order chi connectivity index (χ0) is 13.5. The molecule has 0 saturated carbocycles. The molecule has 6 heteroatoms. The number of rotatable bonds is 7. The Labute approximate surface area is 112 Å². The molecule has 2 aromatic rings. The second-order valence-corrected chi connectivity index (χ2v) is 4.07. The van der Waals surface area contributed by atoms with Crippen LogP contribution < -0.4 is 15.8 Å². The maximum Gasteiger partial charge on any atom is 0.239 e. The molecule has 2 aromatic heterocycles. The van der Waals surface area contributed by atoms with Gasteiger partial charge in [-0.3, -0.25) is 4.68 Å². The number of ether oxygens (including phenoxy) is 1. The van der Waals surface area contributed by atoms with Gasteiger partial charge in [-0.1, -0.05) is 0 Å². The van der Waals surface area contributed by atoms with E-state index in [-0.39, 0.29) is 0 Å². The third kappa shape index (κ3) is 3.87. The van der Waals surface area contributed by atoms with Gasteiger partial charge in [0.1, 0.15) is 5.82 Å². The summed E-state index contributed by atoms with van der Waals surface area (Å²) in [5.41, 5.74) is 6.33. The summed E-state index contributed by atoms with van der Waals surface area (Å²) in [6, 6.07) is 5.57. The van der Waals surface area contributed by atoms with Gasteiger partial charge in [0.05, 0.1) is 12.3 Å². The molecule has 0 radical (unpaired) electrons. The van der Waals surface area contributed by atoms with Gasteiger partial charge in [0, 0.05) is 25.5 Å². The molecule has 0 spiro atoms. The molecule has 3 N–H and O–H groups in total. The number of hydrogen-bond donors (Lipinski definition) is 2. The first kappa shape index (κ1) is 13.2. The van der Waals surface area contributed by atoms with Crippen LogP contribution in [0, 0.1) is 0 Å². The van der Waals surface area contributed by atoms with Crippen LogP contribution in [0.25, 0.3) is 0 Å². The smallest absolute Gasteiger partial charge is 0.239 e. The van der Waals surface area contributed by atoms with E-state index in [2.05, 4.69) is 15.4 Å².